The summed E-state index contributed by atoms with van der Waals surface area (Å²) in [5.41, 5.74) is 2.01. The first-order valence-corrected chi connectivity index (χ1v) is 6.21. The van der Waals surface area contributed by atoms with Gasteiger partial charge in [-0.1, -0.05) is 48.5 Å². The number of hydrogen-bond acceptors (Lipinski definition) is 4. The molecule has 0 saturated heterocycles. The van der Waals surface area contributed by atoms with Crippen molar-refractivity contribution >= 4 is 23.8 Å². The topological polar surface area (TPSA) is 50.7 Å². The fourth-order valence-electron chi connectivity index (χ4n) is 1.81. The number of esters is 1. The number of nitrogens with zero attached hydrogens (tertiary/aromatic N) is 1. The van der Waals surface area contributed by atoms with Crippen LogP contribution in [0.5, 0.6) is 0 Å². The summed E-state index contributed by atoms with van der Waals surface area (Å²) in [7, 11) is 0. The second-order valence-electron chi connectivity index (χ2n) is 4.24. The van der Waals surface area contributed by atoms with Crippen LogP contribution in [-0.4, -0.2) is 12.0 Å². The Hall–Kier alpha value is -2.88. The third-order valence-electron chi connectivity index (χ3n) is 2.75. The summed E-state index contributed by atoms with van der Waals surface area (Å²) >= 11 is 0. The molecular formula is C16H12N2O2. The summed E-state index contributed by atoms with van der Waals surface area (Å²) in [5, 5.41) is 2.95. The predicted octanol–water partition coefficient (Wildman–Crippen LogP) is 3.05. The first-order chi connectivity index (χ1) is 9.81. The molecule has 0 amide bonds. The van der Waals surface area contributed by atoms with Crippen molar-refractivity contribution in [2.24, 2.45) is 4.99 Å². The summed E-state index contributed by atoms with van der Waals surface area (Å²) in [6.07, 6.45) is 1.70. The lowest BCUT2D eigenvalue weighted by Gasteiger charge is -2.02. The van der Waals surface area contributed by atoms with E-state index in [1.54, 1.807) is 6.08 Å². The van der Waals surface area contributed by atoms with Crippen LogP contribution in [0, 0.1) is 0 Å². The lowest BCUT2D eigenvalue weighted by molar-refractivity contribution is -0.129. The molecule has 0 unspecified atom stereocenters. The predicted molar refractivity (Wildman–Crippen MR) is 78.0 cm³/mol. The number of carbonyl (C=O) groups is 1. The minimum absolute atomic E-state index is 0.198. The van der Waals surface area contributed by atoms with Crippen LogP contribution in [0.1, 0.15) is 5.56 Å². The highest BCUT2D eigenvalue weighted by Crippen LogP contribution is 2.16. The molecule has 4 heteroatoms. The van der Waals surface area contributed by atoms with Crippen LogP contribution in [0.15, 0.2) is 71.4 Å². The van der Waals surface area contributed by atoms with Crippen LogP contribution in [0.2, 0.25) is 0 Å². The van der Waals surface area contributed by atoms with Gasteiger partial charge in [-0.2, -0.15) is 4.99 Å². The number of para-hydroxylation sites is 1. The second-order valence-corrected chi connectivity index (χ2v) is 4.24. The van der Waals surface area contributed by atoms with Crippen molar-refractivity contribution in [3.05, 3.63) is 71.9 Å². The molecule has 0 fully saturated rings. The van der Waals surface area contributed by atoms with Crippen LogP contribution in [0.3, 0.4) is 0 Å². The number of aliphatic imine (C=N–C) groups is 1. The summed E-state index contributed by atoms with van der Waals surface area (Å²) < 4.78 is 5.08. The first-order valence-electron chi connectivity index (χ1n) is 6.21. The number of anilines is 1. The van der Waals surface area contributed by atoms with E-state index in [1.807, 2.05) is 60.7 Å². The number of hydrogen-bond donors (Lipinski definition) is 1. The van der Waals surface area contributed by atoms with E-state index < -0.39 is 5.97 Å². The Morgan fingerprint density at radius 3 is 2.30 bits per heavy atom. The molecule has 0 saturated carbocycles. The van der Waals surface area contributed by atoms with Crippen molar-refractivity contribution in [3.63, 3.8) is 0 Å². The van der Waals surface area contributed by atoms with Crippen LogP contribution < -0.4 is 5.32 Å². The fraction of sp³-hybridized carbons (Fsp3) is 0. The molecule has 1 aliphatic heterocycles. The fourth-order valence-corrected chi connectivity index (χ4v) is 1.81. The Bertz CT molecular complexity index is 676. The molecule has 0 spiro atoms. The molecule has 0 aliphatic carbocycles. The van der Waals surface area contributed by atoms with Gasteiger partial charge in [0.2, 0.25) is 0 Å². The van der Waals surface area contributed by atoms with Gasteiger partial charge in [-0.25, -0.2) is 4.79 Å². The van der Waals surface area contributed by atoms with Crippen molar-refractivity contribution in [2.75, 3.05) is 5.32 Å². The molecule has 0 aromatic heterocycles. The normalized spacial score (nSPS) is 15.9. The molecule has 2 aromatic rings. The summed E-state index contributed by atoms with van der Waals surface area (Å²) in [6, 6.07) is 19.2. The molecular weight excluding hydrogens is 252 g/mol. The maximum absolute atomic E-state index is 11.7. The molecule has 0 radical (unpaired) electrons. The molecule has 1 N–H and O–H groups in total. The minimum atomic E-state index is -0.452. The molecule has 1 heterocycles. The Morgan fingerprint density at radius 2 is 1.60 bits per heavy atom. The lowest BCUT2D eigenvalue weighted by atomic mass is 10.2. The quantitative estimate of drug-likeness (QED) is 0.670. The largest absolute Gasteiger partial charge is 0.387 e. The van der Waals surface area contributed by atoms with Gasteiger partial charge in [0.05, 0.1) is 0 Å². The van der Waals surface area contributed by atoms with Gasteiger partial charge < -0.3 is 10.1 Å². The monoisotopic (exact) mass is 264 g/mol. The number of cyclic esters (lactones) is 1. The minimum Gasteiger partial charge on any atom is -0.387 e. The number of benzene rings is 2. The maximum Gasteiger partial charge on any atom is 0.364 e. The Balaban J connectivity index is 1.81. The summed E-state index contributed by atoms with van der Waals surface area (Å²) in [5.74, 6) is -0.452. The first kappa shape index (κ1) is 12.2. The van der Waals surface area contributed by atoms with Gasteiger partial charge in [0.25, 0.3) is 0 Å². The van der Waals surface area contributed by atoms with Gasteiger partial charge in [-0.3, -0.25) is 0 Å². The van der Waals surface area contributed by atoms with Crippen molar-refractivity contribution in [2.45, 2.75) is 0 Å². The lowest BCUT2D eigenvalue weighted by Crippen LogP contribution is -2.13. The van der Waals surface area contributed by atoms with Crippen molar-refractivity contribution < 1.29 is 9.53 Å². The van der Waals surface area contributed by atoms with Crippen molar-refractivity contribution in [1.29, 1.82) is 0 Å². The van der Waals surface area contributed by atoms with Crippen LogP contribution in [-0.2, 0) is 9.53 Å². The molecule has 2 aromatic carbocycles. The van der Waals surface area contributed by atoms with Gasteiger partial charge in [0.15, 0.2) is 5.70 Å². The van der Waals surface area contributed by atoms with E-state index in [1.165, 1.54) is 0 Å². The maximum atomic E-state index is 11.7. The molecule has 1 aliphatic rings. The van der Waals surface area contributed by atoms with E-state index in [0.29, 0.717) is 0 Å². The average molecular weight is 264 g/mol. The average Bonchev–Trinajstić information content (AvgIpc) is 2.81. The van der Waals surface area contributed by atoms with E-state index in [9.17, 15) is 4.79 Å². The number of carbonyl (C=O) groups excluding carboxylic acids is 1. The zero-order chi connectivity index (χ0) is 13.8. The van der Waals surface area contributed by atoms with Gasteiger partial charge in [0.1, 0.15) is 0 Å². The Morgan fingerprint density at radius 1 is 0.950 bits per heavy atom. The van der Waals surface area contributed by atoms with Crippen molar-refractivity contribution in [3.8, 4) is 0 Å². The number of rotatable bonds is 2. The summed E-state index contributed by atoms with van der Waals surface area (Å²) in [4.78, 5) is 15.9. The second kappa shape index (κ2) is 5.40. The smallest absolute Gasteiger partial charge is 0.364 e. The zero-order valence-corrected chi connectivity index (χ0v) is 10.6. The number of ether oxygens (including phenoxy) is 1. The summed E-state index contributed by atoms with van der Waals surface area (Å²) in [6.45, 7) is 0. The zero-order valence-electron chi connectivity index (χ0n) is 10.6. The van der Waals surface area contributed by atoms with Crippen LogP contribution >= 0.6 is 0 Å². The van der Waals surface area contributed by atoms with Crippen LogP contribution in [0.25, 0.3) is 6.08 Å². The molecule has 20 heavy (non-hydrogen) atoms. The van der Waals surface area contributed by atoms with Gasteiger partial charge in [-0.05, 0) is 23.8 Å². The van der Waals surface area contributed by atoms with Gasteiger partial charge in [-0.15, -0.1) is 0 Å². The molecule has 0 bridgehead atoms. The molecule has 0 atom stereocenters. The van der Waals surface area contributed by atoms with Crippen molar-refractivity contribution in [1.82, 2.24) is 0 Å². The van der Waals surface area contributed by atoms with Gasteiger partial charge in [0, 0.05) is 5.69 Å². The Kier molecular flexibility index (Phi) is 3.29. The highest BCUT2D eigenvalue weighted by Gasteiger charge is 2.22. The number of amidine groups is 1. The van der Waals surface area contributed by atoms with E-state index in [0.717, 1.165) is 11.3 Å². The highest BCUT2D eigenvalue weighted by atomic mass is 16.6. The molecule has 98 valence electrons. The van der Waals surface area contributed by atoms with Crippen LogP contribution in [0.4, 0.5) is 5.69 Å². The molecule has 3 rings (SSSR count). The molecule has 4 nitrogen and oxygen atoms in total. The van der Waals surface area contributed by atoms with E-state index >= 15 is 0 Å². The third kappa shape index (κ3) is 2.75. The SMILES string of the molecule is O=C1OC(Nc2ccccc2)=N/C1=C/c1ccccc1. The number of nitrogens with one attached hydrogen (secondary N) is 1. The van der Waals surface area contributed by atoms with E-state index in [-0.39, 0.29) is 11.7 Å². The van der Waals surface area contributed by atoms with E-state index in [2.05, 4.69) is 10.3 Å². The van der Waals surface area contributed by atoms with Gasteiger partial charge >= 0.3 is 12.0 Å². The Labute approximate surface area is 116 Å². The third-order valence-corrected chi connectivity index (χ3v) is 2.75. The standard InChI is InChI=1S/C16H12N2O2/c19-15-14(11-12-7-3-1-4-8-12)18-16(20-15)17-13-9-5-2-6-10-13/h1-11H,(H,17,18)/b14-11+. The highest BCUT2D eigenvalue weighted by molar-refractivity contribution is 6.10. The van der Waals surface area contributed by atoms with E-state index in [4.69, 9.17) is 4.74 Å².